The number of fused-ring (bicyclic) bond motifs is 1. The van der Waals surface area contributed by atoms with Crippen LogP contribution in [0.3, 0.4) is 0 Å². The topological polar surface area (TPSA) is 48.0 Å². The minimum atomic E-state index is -0.295. The Morgan fingerprint density at radius 2 is 1.80 bits per heavy atom. The largest absolute Gasteiger partial charge is 0.493 e. The van der Waals surface area contributed by atoms with Crippen molar-refractivity contribution < 1.29 is 19.0 Å². The van der Waals surface area contributed by atoms with Crippen LogP contribution < -0.4 is 9.47 Å². The molecule has 1 aliphatic heterocycles. The number of benzene rings is 2. The van der Waals surface area contributed by atoms with Crippen molar-refractivity contribution in [1.29, 1.82) is 0 Å². The standard InChI is InChI=1S/C20H23NO4/c1-4-25-20(22)21-11-10-15-12-17(23-2)18(24-3)13-16(15)19(21)14-8-6-5-7-9-14/h5-9,12-13,19H,4,10-11H2,1-3H3/t19-/m0/s1. The molecule has 1 heterocycles. The van der Waals surface area contributed by atoms with Crippen molar-refractivity contribution in [2.75, 3.05) is 27.4 Å². The molecule has 5 heteroatoms. The van der Waals surface area contributed by atoms with E-state index in [2.05, 4.69) is 0 Å². The summed E-state index contributed by atoms with van der Waals surface area (Å²) in [4.78, 5) is 14.3. The second-order valence-electron chi connectivity index (χ2n) is 5.86. The van der Waals surface area contributed by atoms with E-state index >= 15 is 0 Å². The summed E-state index contributed by atoms with van der Waals surface area (Å²) in [6, 6.07) is 13.8. The Morgan fingerprint density at radius 1 is 1.12 bits per heavy atom. The number of hydrogen-bond donors (Lipinski definition) is 0. The van der Waals surface area contributed by atoms with Crippen LogP contribution in [0.15, 0.2) is 42.5 Å². The van der Waals surface area contributed by atoms with Crippen LogP contribution in [0.25, 0.3) is 0 Å². The van der Waals surface area contributed by atoms with Gasteiger partial charge in [-0.05, 0) is 42.2 Å². The van der Waals surface area contributed by atoms with Crippen molar-refractivity contribution in [1.82, 2.24) is 4.90 Å². The molecular formula is C20H23NO4. The average molecular weight is 341 g/mol. The summed E-state index contributed by atoms with van der Waals surface area (Å²) in [7, 11) is 3.25. The molecule has 2 aromatic carbocycles. The molecule has 0 bridgehead atoms. The third-order valence-electron chi connectivity index (χ3n) is 4.49. The lowest BCUT2D eigenvalue weighted by Crippen LogP contribution is -2.41. The number of methoxy groups -OCH3 is 2. The fraction of sp³-hybridized carbons (Fsp3) is 0.350. The van der Waals surface area contributed by atoms with Crippen LogP contribution >= 0.6 is 0 Å². The molecule has 0 saturated carbocycles. The number of amides is 1. The highest BCUT2D eigenvalue weighted by molar-refractivity contribution is 5.70. The van der Waals surface area contributed by atoms with Crippen LogP contribution in [0.5, 0.6) is 11.5 Å². The summed E-state index contributed by atoms with van der Waals surface area (Å²) in [5, 5.41) is 0. The normalized spacial score (nSPS) is 16.1. The molecule has 0 aromatic heterocycles. The van der Waals surface area contributed by atoms with Gasteiger partial charge in [0.25, 0.3) is 0 Å². The highest BCUT2D eigenvalue weighted by atomic mass is 16.6. The molecule has 132 valence electrons. The fourth-order valence-electron chi connectivity index (χ4n) is 3.34. The summed E-state index contributed by atoms with van der Waals surface area (Å²) in [5.74, 6) is 1.37. The Hall–Kier alpha value is -2.69. The van der Waals surface area contributed by atoms with Gasteiger partial charge in [-0.2, -0.15) is 0 Å². The monoisotopic (exact) mass is 341 g/mol. The zero-order valence-electron chi connectivity index (χ0n) is 14.8. The molecule has 0 aliphatic carbocycles. The number of rotatable bonds is 4. The van der Waals surface area contributed by atoms with Crippen LogP contribution in [0.4, 0.5) is 4.79 Å². The molecule has 0 fully saturated rings. The molecular weight excluding hydrogens is 318 g/mol. The van der Waals surface area contributed by atoms with Gasteiger partial charge in [-0.15, -0.1) is 0 Å². The molecule has 0 saturated heterocycles. The smallest absolute Gasteiger partial charge is 0.410 e. The van der Waals surface area contributed by atoms with Gasteiger partial charge >= 0.3 is 6.09 Å². The number of carbonyl (C=O) groups is 1. The van der Waals surface area contributed by atoms with Crippen LogP contribution in [0, 0.1) is 0 Å². The Kier molecular flexibility index (Phi) is 5.12. The molecule has 5 nitrogen and oxygen atoms in total. The second kappa shape index (κ2) is 7.47. The van der Waals surface area contributed by atoms with Gasteiger partial charge in [-0.3, -0.25) is 4.90 Å². The Morgan fingerprint density at radius 3 is 2.44 bits per heavy atom. The number of ether oxygens (including phenoxy) is 3. The molecule has 0 radical (unpaired) electrons. The van der Waals surface area contributed by atoms with Gasteiger partial charge in [0.1, 0.15) is 0 Å². The Balaban J connectivity index is 2.12. The van der Waals surface area contributed by atoms with Crippen LogP contribution in [-0.4, -0.2) is 38.4 Å². The lowest BCUT2D eigenvalue weighted by molar-refractivity contribution is 0.0936. The quantitative estimate of drug-likeness (QED) is 0.848. The van der Waals surface area contributed by atoms with E-state index in [0.29, 0.717) is 24.7 Å². The third-order valence-corrected chi connectivity index (χ3v) is 4.49. The van der Waals surface area contributed by atoms with E-state index in [9.17, 15) is 4.79 Å². The first-order valence-corrected chi connectivity index (χ1v) is 8.42. The molecule has 3 rings (SSSR count). The third kappa shape index (κ3) is 3.27. The molecule has 1 aliphatic rings. The van der Waals surface area contributed by atoms with Crippen molar-refractivity contribution in [3.63, 3.8) is 0 Å². The number of hydrogen-bond acceptors (Lipinski definition) is 4. The van der Waals surface area contributed by atoms with Crippen LogP contribution in [0.2, 0.25) is 0 Å². The summed E-state index contributed by atoms with van der Waals surface area (Å²) in [6.07, 6.45) is 0.453. The zero-order chi connectivity index (χ0) is 17.8. The molecule has 2 aromatic rings. The highest BCUT2D eigenvalue weighted by Crippen LogP contribution is 2.41. The summed E-state index contributed by atoms with van der Waals surface area (Å²) in [5.41, 5.74) is 3.25. The summed E-state index contributed by atoms with van der Waals surface area (Å²) >= 11 is 0. The average Bonchev–Trinajstić information content (AvgIpc) is 2.66. The minimum absolute atomic E-state index is 0.205. The summed E-state index contributed by atoms with van der Waals surface area (Å²) in [6.45, 7) is 2.78. The number of nitrogens with zero attached hydrogens (tertiary/aromatic N) is 1. The van der Waals surface area contributed by atoms with Crippen LogP contribution in [-0.2, 0) is 11.2 Å². The minimum Gasteiger partial charge on any atom is -0.493 e. The Bertz CT molecular complexity index is 745. The molecule has 1 atom stereocenters. The van der Waals surface area contributed by atoms with E-state index in [1.54, 1.807) is 19.1 Å². The highest BCUT2D eigenvalue weighted by Gasteiger charge is 2.34. The first kappa shape index (κ1) is 17.1. The van der Waals surface area contributed by atoms with E-state index in [-0.39, 0.29) is 12.1 Å². The molecule has 0 unspecified atom stereocenters. The second-order valence-corrected chi connectivity index (χ2v) is 5.86. The first-order chi connectivity index (χ1) is 12.2. The number of carbonyl (C=O) groups excluding carboxylic acids is 1. The maximum Gasteiger partial charge on any atom is 0.410 e. The van der Waals surface area contributed by atoms with Gasteiger partial charge in [-0.1, -0.05) is 30.3 Å². The van der Waals surface area contributed by atoms with Crippen LogP contribution in [0.1, 0.15) is 29.7 Å². The van der Waals surface area contributed by atoms with E-state index < -0.39 is 0 Å². The molecule has 0 N–H and O–H groups in total. The zero-order valence-corrected chi connectivity index (χ0v) is 14.8. The van der Waals surface area contributed by atoms with E-state index in [1.807, 2.05) is 49.4 Å². The SMILES string of the molecule is CCOC(=O)N1CCc2cc(OC)c(OC)cc2[C@@H]1c1ccccc1. The van der Waals surface area contributed by atoms with E-state index in [4.69, 9.17) is 14.2 Å². The maximum absolute atomic E-state index is 12.5. The van der Waals surface area contributed by atoms with Crippen molar-refractivity contribution in [3.05, 3.63) is 59.2 Å². The molecule has 0 spiro atoms. The summed E-state index contributed by atoms with van der Waals surface area (Å²) < 4.78 is 16.2. The van der Waals surface area contributed by atoms with Gasteiger partial charge in [0.15, 0.2) is 11.5 Å². The predicted molar refractivity (Wildman–Crippen MR) is 95.3 cm³/mol. The van der Waals surface area contributed by atoms with Gasteiger partial charge in [0.2, 0.25) is 0 Å². The van der Waals surface area contributed by atoms with Crippen molar-refractivity contribution in [3.8, 4) is 11.5 Å². The van der Waals surface area contributed by atoms with Crippen molar-refractivity contribution in [2.45, 2.75) is 19.4 Å². The first-order valence-electron chi connectivity index (χ1n) is 8.42. The van der Waals surface area contributed by atoms with Crippen molar-refractivity contribution in [2.24, 2.45) is 0 Å². The Labute approximate surface area is 148 Å². The lowest BCUT2D eigenvalue weighted by atomic mass is 9.88. The van der Waals surface area contributed by atoms with Gasteiger partial charge in [-0.25, -0.2) is 4.79 Å². The van der Waals surface area contributed by atoms with Gasteiger partial charge in [0, 0.05) is 6.54 Å². The fourth-order valence-corrected chi connectivity index (χ4v) is 3.34. The van der Waals surface area contributed by atoms with Crippen molar-refractivity contribution >= 4 is 6.09 Å². The predicted octanol–water partition coefficient (Wildman–Crippen LogP) is 3.81. The lowest BCUT2D eigenvalue weighted by Gasteiger charge is -2.37. The van der Waals surface area contributed by atoms with E-state index in [1.165, 1.54) is 0 Å². The van der Waals surface area contributed by atoms with Gasteiger partial charge in [0.05, 0.1) is 26.9 Å². The van der Waals surface area contributed by atoms with E-state index in [0.717, 1.165) is 23.1 Å². The molecule has 1 amide bonds. The van der Waals surface area contributed by atoms with Gasteiger partial charge < -0.3 is 14.2 Å². The molecule has 25 heavy (non-hydrogen) atoms. The maximum atomic E-state index is 12.5.